The first kappa shape index (κ1) is 16.5. The number of hydrogen-bond acceptors (Lipinski definition) is 3. The predicted octanol–water partition coefficient (Wildman–Crippen LogP) is 1.33. The average Bonchev–Trinajstić information content (AvgIpc) is 2.93. The number of hydrogen-bond donors (Lipinski definition) is 3. The highest BCUT2D eigenvalue weighted by Gasteiger charge is 2.09. The summed E-state index contributed by atoms with van der Waals surface area (Å²) in [6.07, 6.45) is 1.52. The third-order valence-electron chi connectivity index (χ3n) is 3.02. The Kier molecular flexibility index (Phi) is 5.67. The third kappa shape index (κ3) is 5.10. The maximum atomic E-state index is 13.7. The van der Waals surface area contributed by atoms with Crippen LogP contribution in [0.2, 0.25) is 0 Å². The van der Waals surface area contributed by atoms with Crippen molar-refractivity contribution in [3.05, 3.63) is 47.9 Å². The van der Waals surface area contributed by atoms with E-state index in [1.807, 2.05) is 0 Å². The van der Waals surface area contributed by atoms with Crippen molar-refractivity contribution in [3.63, 3.8) is 0 Å². The lowest BCUT2D eigenvalue weighted by Gasteiger charge is -2.11. The molecule has 1 aromatic heterocycles. The molecule has 0 atom stereocenters. The Hall–Kier alpha value is -2.90. The van der Waals surface area contributed by atoms with Gasteiger partial charge in [0.1, 0.15) is 11.6 Å². The van der Waals surface area contributed by atoms with Crippen molar-refractivity contribution in [1.29, 1.82) is 0 Å². The Bertz CT molecular complexity index is 686. The van der Waals surface area contributed by atoms with Crippen LogP contribution in [0.4, 0.5) is 15.0 Å². The first-order valence-electron chi connectivity index (χ1n) is 7.11. The number of benzene rings is 1. The molecule has 1 aromatic carbocycles. The van der Waals surface area contributed by atoms with Crippen LogP contribution in [0.3, 0.4) is 0 Å². The van der Waals surface area contributed by atoms with E-state index in [4.69, 9.17) is 0 Å². The first-order valence-corrected chi connectivity index (χ1v) is 7.11. The van der Waals surface area contributed by atoms with Gasteiger partial charge in [-0.2, -0.15) is 5.10 Å². The molecule has 0 unspecified atom stereocenters. The molecule has 23 heavy (non-hydrogen) atoms. The molecule has 0 aliphatic rings. The Morgan fingerprint density at radius 3 is 2.65 bits per heavy atom. The molecule has 0 bridgehead atoms. The van der Waals surface area contributed by atoms with E-state index >= 15 is 0 Å². The number of anilines is 1. The van der Waals surface area contributed by atoms with Gasteiger partial charge in [-0.25, -0.2) is 13.9 Å². The molecule has 0 spiro atoms. The van der Waals surface area contributed by atoms with Gasteiger partial charge in [0.15, 0.2) is 0 Å². The van der Waals surface area contributed by atoms with Crippen LogP contribution in [-0.4, -0.2) is 34.8 Å². The molecule has 2 aromatic rings. The minimum absolute atomic E-state index is 0.157. The van der Waals surface area contributed by atoms with Gasteiger partial charge >= 0.3 is 6.03 Å². The fourth-order valence-electron chi connectivity index (χ4n) is 1.93. The van der Waals surface area contributed by atoms with Crippen LogP contribution >= 0.6 is 0 Å². The summed E-state index contributed by atoms with van der Waals surface area (Å²) in [7, 11) is 0. The van der Waals surface area contributed by atoms with Crippen LogP contribution in [-0.2, 0) is 11.3 Å². The molecule has 2 rings (SSSR count). The van der Waals surface area contributed by atoms with Gasteiger partial charge < -0.3 is 10.6 Å². The fraction of sp³-hybridized carbons (Fsp3) is 0.267. The average molecular weight is 319 g/mol. The van der Waals surface area contributed by atoms with Crippen molar-refractivity contribution in [2.45, 2.75) is 13.5 Å². The van der Waals surface area contributed by atoms with Crippen molar-refractivity contribution in [1.82, 2.24) is 20.4 Å². The molecular weight excluding hydrogens is 301 g/mol. The summed E-state index contributed by atoms with van der Waals surface area (Å²) < 4.78 is 15.2. The molecule has 0 saturated carbocycles. The van der Waals surface area contributed by atoms with Gasteiger partial charge in [-0.1, -0.05) is 18.2 Å². The highest BCUT2D eigenvalue weighted by atomic mass is 19.1. The molecule has 3 N–H and O–H groups in total. The van der Waals surface area contributed by atoms with Crippen LogP contribution < -0.4 is 16.0 Å². The predicted molar refractivity (Wildman–Crippen MR) is 83.4 cm³/mol. The van der Waals surface area contributed by atoms with Gasteiger partial charge in [0, 0.05) is 31.6 Å². The quantitative estimate of drug-likeness (QED) is 0.702. The summed E-state index contributed by atoms with van der Waals surface area (Å²) >= 11 is 0. The smallest absolute Gasteiger partial charge is 0.320 e. The lowest BCUT2D eigenvalue weighted by atomic mass is 10.2. The van der Waals surface area contributed by atoms with E-state index in [0.29, 0.717) is 24.5 Å². The van der Waals surface area contributed by atoms with Gasteiger partial charge in [0.2, 0.25) is 5.91 Å². The van der Waals surface area contributed by atoms with Crippen LogP contribution in [0.15, 0.2) is 36.5 Å². The molecule has 8 heteroatoms. The minimum atomic E-state index is -0.425. The maximum Gasteiger partial charge on any atom is 0.320 e. The van der Waals surface area contributed by atoms with Crippen molar-refractivity contribution in [3.8, 4) is 0 Å². The number of carbonyl (C=O) groups is 2. The molecule has 3 amide bonds. The summed E-state index contributed by atoms with van der Waals surface area (Å²) in [4.78, 5) is 22.5. The van der Waals surface area contributed by atoms with Crippen molar-refractivity contribution >= 4 is 17.8 Å². The summed E-state index contributed by atoms with van der Waals surface area (Å²) in [6, 6.07) is 7.59. The molecule has 0 saturated heterocycles. The van der Waals surface area contributed by atoms with E-state index in [9.17, 15) is 14.0 Å². The summed E-state index contributed by atoms with van der Waals surface area (Å²) in [6.45, 7) is 2.26. The molecule has 0 radical (unpaired) electrons. The zero-order valence-electron chi connectivity index (χ0n) is 12.7. The van der Waals surface area contributed by atoms with Gasteiger partial charge in [0.05, 0.1) is 12.7 Å². The highest BCUT2D eigenvalue weighted by Crippen LogP contribution is 2.12. The minimum Gasteiger partial charge on any atom is -0.355 e. The van der Waals surface area contributed by atoms with E-state index in [2.05, 4.69) is 21.0 Å². The molecule has 0 fully saturated rings. The van der Waals surface area contributed by atoms with E-state index in [0.717, 1.165) is 0 Å². The van der Waals surface area contributed by atoms with E-state index in [1.54, 1.807) is 24.3 Å². The largest absolute Gasteiger partial charge is 0.355 e. The van der Waals surface area contributed by atoms with Gasteiger partial charge in [-0.15, -0.1) is 0 Å². The number of nitrogens with zero attached hydrogens (tertiary/aromatic N) is 2. The number of nitrogens with one attached hydrogen (secondary N) is 3. The number of amides is 3. The van der Waals surface area contributed by atoms with Crippen molar-refractivity contribution in [2.75, 3.05) is 18.4 Å². The molecule has 122 valence electrons. The lowest BCUT2D eigenvalue weighted by Crippen LogP contribution is -2.36. The monoisotopic (exact) mass is 319 g/mol. The summed E-state index contributed by atoms with van der Waals surface area (Å²) in [5, 5.41) is 11.9. The zero-order chi connectivity index (χ0) is 16.7. The molecule has 0 aliphatic heterocycles. The van der Waals surface area contributed by atoms with Crippen molar-refractivity contribution < 1.29 is 14.0 Å². The second-order valence-corrected chi connectivity index (χ2v) is 4.83. The van der Waals surface area contributed by atoms with Crippen molar-refractivity contribution in [2.24, 2.45) is 0 Å². The summed E-state index contributed by atoms with van der Waals surface area (Å²) in [5.41, 5.74) is 0.477. The third-order valence-corrected chi connectivity index (χ3v) is 3.02. The Morgan fingerprint density at radius 1 is 1.17 bits per heavy atom. The number of rotatable bonds is 6. The number of halogens is 1. The highest BCUT2D eigenvalue weighted by molar-refractivity contribution is 5.88. The van der Waals surface area contributed by atoms with E-state index in [-0.39, 0.29) is 18.3 Å². The normalized spacial score (nSPS) is 10.2. The Balaban J connectivity index is 1.89. The lowest BCUT2D eigenvalue weighted by molar-refractivity contribution is -0.118. The fourth-order valence-corrected chi connectivity index (χ4v) is 1.93. The molecule has 1 heterocycles. The van der Waals surface area contributed by atoms with Crippen LogP contribution in [0.25, 0.3) is 0 Å². The van der Waals surface area contributed by atoms with E-state index in [1.165, 1.54) is 23.9 Å². The second kappa shape index (κ2) is 7.92. The van der Waals surface area contributed by atoms with Gasteiger partial charge in [0.25, 0.3) is 0 Å². The Morgan fingerprint density at radius 2 is 1.91 bits per heavy atom. The first-order chi connectivity index (χ1) is 11.1. The topological polar surface area (TPSA) is 88.1 Å². The number of carbonyl (C=O) groups excluding carboxylic acids is 2. The molecular formula is C15H18FN5O2. The van der Waals surface area contributed by atoms with Gasteiger partial charge in [-0.3, -0.25) is 10.1 Å². The van der Waals surface area contributed by atoms with Gasteiger partial charge in [-0.05, 0) is 6.07 Å². The number of urea groups is 1. The Labute approximate surface area is 132 Å². The molecule has 0 aliphatic carbocycles. The SMILES string of the molecule is CC(=O)NCCNC(=O)Nc1ccnn1Cc1ccccc1F. The molecule has 7 nitrogen and oxygen atoms in total. The number of aromatic nitrogens is 2. The van der Waals surface area contributed by atoms with Crippen LogP contribution in [0.5, 0.6) is 0 Å². The van der Waals surface area contributed by atoms with Crippen LogP contribution in [0.1, 0.15) is 12.5 Å². The van der Waals surface area contributed by atoms with Crippen LogP contribution in [0, 0.1) is 5.82 Å². The summed E-state index contributed by atoms with van der Waals surface area (Å²) in [5.74, 6) is -0.0332. The second-order valence-electron chi connectivity index (χ2n) is 4.83. The zero-order valence-corrected chi connectivity index (χ0v) is 12.7. The maximum absolute atomic E-state index is 13.7. The standard InChI is InChI=1S/C15H18FN5O2/c1-11(22)17-8-9-18-15(23)20-14-6-7-19-21(14)10-12-4-2-3-5-13(12)16/h2-7H,8-10H2,1H3,(H,17,22)(H2,18,20,23). The van der Waals surface area contributed by atoms with E-state index < -0.39 is 6.03 Å².